The van der Waals surface area contributed by atoms with Gasteiger partial charge in [0.25, 0.3) is 9.84 Å². The lowest BCUT2D eigenvalue weighted by Crippen LogP contribution is -2.23. The molecule has 2 heterocycles. The molecule has 2 aromatic rings. The predicted octanol–water partition coefficient (Wildman–Crippen LogP) is 4.76. The molecular formula is C18H13F4NO3S2. The maximum absolute atomic E-state index is 13.6. The lowest BCUT2D eigenvalue weighted by Gasteiger charge is -2.14. The van der Waals surface area contributed by atoms with Gasteiger partial charge in [0, 0.05) is 16.9 Å². The van der Waals surface area contributed by atoms with Crippen molar-refractivity contribution in [2.24, 2.45) is 0 Å². The highest BCUT2D eigenvalue weighted by molar-refractivity contribution is 7.99. The molecule has 1 aliphatic rings. The summed E-state index contributed by atoms with van der Waals surface area (Å²) in [5.74, 6) is 0.230. The van der Waals surface area contributed by atoms with Crippen molar-refractivity contribution in [3.05, 3.63) is 59.3 Å². The van der Waals surface area contributed by atoms with Gasteiger partial charge < -0.3 is 4.74 Å². The third-order valence-electron chi connectivity index (χ3n) is 3.75. The summed E-state index contributed by atoms with van der Waals surface area (Å²) < 4.78 is 80.9. The fourth-order valence-corrected chi connectivity index (χ4v) is 4.04. The standard InChI is InChI=1S/C18H13F4NO3S2/c1-2-27-15-8-9-16(19)23-17(15)14-5-3-4-11-10-12(6-7-13(11)26-14)28(24,25)18(20,21)22/h3,6-10H,2,4H2,1H3. The number of ether oxygens (including phenoxy) is 1. The van der Waals surface area contributed by atoms with Crippen molar-refractivity contribution in [1.29, 1.82) is 0 Å². The van der Waals surface area contributed by atoms with E-state index in [1.165, 1.54) is 23.9 Å². The highest BCUT2D eigenvalue weighted by Gasteiger charge is 2.47. The van der Waals surface area contributed by atoms with E-state index in [-0.39, 0.29) is 29.2 Å². The molecule has 0 bridgehead atoms. The number of alkyl halides is 3. The zero-order valence-electron chi connectivity index (χ0n) is 14.4. The second-order valence-corrected chi connectivity index (χ2v) is 8.86. The SMILES string of the molecule is CCSc1ccc(F)nc1C1=C=CCc2cc(S(=O)(=O)C(F)(F)F)ccc2O1. The van der Waals surface area contributed by atoms with E-state index in [1.54, 1.807) is 6.07 Å². The van der Waals surface area contributed by atoms with Gasteiger partial charge in [-0.2, -0.15) is 17.6 Å². The van der Waals surface area contributed by atoms with Crippen LogP contribution in [-0.4, -0.2) is 24.7 Å². The van der Waals surface area contributed by atoms with Gasteiger partial charge >= 0.3 is 5.51 Å². The first-order chi connectivity index (χ1) is 13.1. The van der Waals surface area contributed by atoms with Crippen molar-refractivity contribution in [3.8, 4) is 5.75 Å². The molecule has 0 saturated heterocycles. The summed E-state index contributed by atoms with van der Waals surface area (Å²) in [6.45, 7) is 1.91. The van der Waals surface area contributed by atoms with Gasteiger partial charge in [-0.15, -0.1) is 11.8 Å². The first-order valence-electron chi connectivity index (χ1n) is 8.00. The highest BCUT2D eigenvalue weighted by Crippen LogP contribution is 2.36. The van der Waals surface area contributed by atoms with E-state index in [0.717, 1.165) is 18.2 Å². The summed E-state index contributed by atoms with van der Waals surface area (Å²) >= 11 is 1.41. The van der Waals surface area contributed by atoms with E-state index in [9.17, 15) is 26.0 Å². The van der Waals surface area contributed by atoms with Crippen LogP contribution < -0.4 is 4.74 Å². The summed E-state index contributed by atoms with van der Waals surface area (Å²) in [5.41, 5.74) is -2.14. The van der Waals surface area contributed by atoms with Gasteiger partial charge in [-0.1, -0.05) is 12.7 Å². The van der Waals surface area contributed by atoms with Crippen molar-refractivity contribution in [3.63, 3.8) is 0 Å². The fraction of sp³-hybridized carbons (Fsp3) is 0.222. The average molecular weight is 431 g/mol. The number of pyridine rings is 1. The van der Waals surface area contributed by atoms with Crippen LogP contribution in [-0.2, 0) is 16.3 Å². The van der Waals surface area contributed by atoms with E-state index in [0.29, 0.717) is 10.6 Å². The molecule has 10 heteroatoms. The van der Waals surface area contributed by atoms with Crippen molar-refractivity contribution in [2.45, 2.75) is 28.6 Å². The topological polar surface area (TPSA) is 56.3 Å². The van der Waals surface area contributed by atoms with Crippen LogP contribution in [0.1, 0.15) is 18.2 Å². The Balaban J connectivity index is 2.01. The fourth-order valence-electron chi connectivity index (χ4n) is 2.48. The number of benzene rings is 1. The number of nitrogens with zero attached hydrogens (tertiary/aromatic N) is 1. The lowest BCUT2D eigenvalue weighted by molar-refractivity contribution is -0.0436. The van der Waals surface area contributed by atoms with Gasteiger partial charge in [0.15, 0.2) is 5.76 Å². The zero-order chi connectivity index (χ0) is 20.5. The Bertz CT molecular complexity index is 1090. The largest absolute Gasteiger partial charge is 0.501 e. The third-order valence-corrected chi connectivity index (χ3v) is 6.17. The summed E-state index contributed by atoms with van der Waals surface area (Å²) in [6.07, 6.45) is 1.56. The van der Waals surface area contributed by atoms with Crippen LogP contribution in [0, 0.1) is 5.95 Å². The van der Waals surface area contributed by atoms with Crippen LogP contribution in [0.15, 0.2) is 51.9 Å². The molecule has 0 fully saturated rings. The molecule has 1 aromatic carbocycles. The molecule has 28 heavy (non-hydrogen) atoms. The minimum atomic E-state index is -5.47. The smallest absolute Gasteiger partial charge is 0.446 e. The molecular weight excluding hydrogens is 418 g/mol. The Morgan fingerprint density at radius 3 is 2.68 bits per heavy atom. The molecule has 0 saturated carbocycles. The Morgan fingerprint density at radius 1 is 1.25 bits per heavy atom. The van der Waals surface area contributed by atoms with Gasteiger partial charge in [0.05, 0.1) is 4.90 Å². The number of halogens is 4. The predicted molar refractivity (Wildman–Crippen MR) is 96.1 cm³/mol. The van der Waals surface area contributed by atoms with Crippen LogP contribution >= 0.6 is 11.8 Å². The molecule has 1 aliphatic heterocycles. The minimum absolute atomic E-state index is 0.0889. The summed E-state index contributed by atoms with van der Waals surface area (Å²) in [4.78, 5) is 3.62. The second kappa shape index (κ2) is 7.62. The Hall–Kier alpha value is -2.29. The van der Waals surface area contributed by atoms with Crippen molar-refractivity contribution >= 4 is 27.4 Å². The molecule has 0 atom stereocenters. The van der Waals surface area contributed by atoms with Crippen LogP contribution in [0.25, 0.3) is 5.76 Å². The molecule has 0 amide bonds. The number of hydrogen-bond acceptors (Lipinski definition) is 5. The van der Waals surface area contributed by atoms with Gasteiger partial charge in [-0.05, 0) is 42.2 Å². The Kier molecular flexibility index (Phi) is 5.56. The average Bonchev–Trinajstić information content (AvgIpc) is 2.84. The van der Waals surface area contributed by atoms with Gasteiger partial charge in [0.2, 0.25) is 5.95 Å². The van der Waals surface area contributed by atoms with Gasteiger partial charge in [-0.25, -0.2) is 13.4 Å². The number of thioether (sulfide) groups is 1. The number of sulfone groups is 1. The summed E-state index contributed by atoms with van der Waals surface area (Å²) in [5, 5.41) is 0. The first-order valence-corrected chi connectivity index (χ1v) is 10.5. The number of aromatic nitrogens is 1. The van der Waals surface area contributed by atoms with E-state index >= 15 is 0 Å². The molecule has 1 aromatic heterocycles. The Morgan fingerprint density at radius 2 is 2.00 bits per heavy atom. The molecule has 3 rings (SSSR count). The van der Waals surface area contributed by atoms with Crippen LogP contribution in [0.4, 0.5) is 17.6 Å². The van der Waals surface area contributed by atoms with Gasteiger partial charge in [0.1, 0.15) is 11.4 Å². The highest BCUT2D eigenvalue weighted by atomic mass is 32.2. The third kappa shape index (κ3) is 3.94. The minimum Gasteiger partial charge on any atom is -0.446 e. The number of allylic oxidation sites excluding steroid dienone is 1. The molecule has 4 nitrogen and oxygen atoms in total. The molecule has 0 N–H and O–H groups in total. The maximum Gasteiger partial charge on any atom is 0.501 e. The van der Waals surface area contributed by atoms with E-state index in [2.05, 4.69) is 10.7 Å². The maximum atomic E-state index is 13.6. The van der Waals surface area contributed by atoms with E-state index in [4.69, 9.17) is 4.74 Å². The van der Waals surface area contributed by atoms with Crippen molar-refractivity contribution in [2.75, 3.05) is 5.75 Å². The van der Waals surface area contributed by atoms with Crippen LogP contribution in [0.2, 0.25) is 0 Å². The Labute approximate surface area is 162 Å². The van der Waals surface area contributed by atoms with Gasteiger partial charge in [-0.3, -0.25) is 0 Å². The van der Waals surface area contributed by atoms with E-state index in [1.807, 2.05) is 6.92 Å². The quantitative estimate of drug-likeness (QED) is 0.303. The number of hydrogen-bond donors (Lipinski definition) is 0. The van der Waals surface area contributed by atoms with Crippen LogP contribution in [0.5, 0.6) is 5.75 Å². The summed E-state index contributed by atoms with van der Waals surface area (Å²) in [6, 6.07) is 5.64. The van der Waals surface area contributed by atoms with Crippen molar-refractivity contribution < 1.29 is 30.7 Å². The molecule has 0 unspecified atom stereocenters. The molecule has 0 aliphatic carbocycles. The molecule has 0 radical (unpaired) electrons. The zero-order valence-corrected chi connectivity index (χ0v) is 16.0. The normalized spacial score (nSPS) is 14.1. The second-order valence-electron chi connectivity index (χ2n) is 5.62. The molecule has 0 spiro atoms. The van der Waals surface area contributed by atoms with Crippen molar-refractivity contribution in [1.82, 2.24) is 4.98 Å². The number of rotatable bonds is 4. The lowest BCUT2D eigenvalue weighted by atomic mass is 10.1. The summed E-state index contributed by atoms with van der Waals surface area (Å²) in [7, 11) is -5.47. The first kappa shape index (κ1) is 20.4. The monoisotopic (exact) mass is 431 g/mol. The number of fused-ring (bicyclic) bond motifs is 1. The van der Waals surface area contributed by atoms with E-state index < -0.39 is 26.2 Å². The molecule has 148 valence electrons. The van der Waals surface area contributed by atoms with Crippen LogP contribution in [0.3, 0.4) is 0 Å².